The molecule has 1 saturated heterocycles. The lowest BCUT2D eigenvalue weighted by atomic mass is 10.0. The number of primary amides is 1. The summed E-state index contributed by atoms with van der Waals surface area (Å²) in [6, 6.07) is 7.21. The Hall–Kier alpha value is -7.65. The first-order chi connectivity index (χ1) is 32.5. The number of imide groups is 1. The predicted octanol–water partition coefficient (Wildman–Crippen LogP) is 3.84. The van der Waals surface area contributed by atoms with Crippen LogP contribution in [0.3, 0.4) is 0 Å². The Kier molecular flexibility index (Phi) is 16.6. The Morgan fingerprint density at radius 2 is 1.63 bits per heavy atom. The van der Waals surface area contributed by atoms with Crippen molar-refractivity contribution in [3.8, 4) is 0 Å². The van der Waals surface area contributed by atoms with E-state index in [0.29, 0.717) is 54.7 Å². The molecule has 1 unspecified atom stereocenters. The number of rotatable bonds is 21. The van der Waals surface area contributed by atoms with Gasteiger partial charge in [0, 0.05) is 81.7 Å². The number of carboxylic acid groups (broad SMARTS) is 1. The standard InChI is InChI=1S/C46H56FN11O10/c1-4-54-25-32(44(64)65)42(62)31-23-33(47)37(24-36(31)54)55-19-21-56(22-20-55)46(67)68-27-29-11-13-30(14-12-29)50-43(63)35(9-8-17-49-45(48)66)58-26-34(52-53-58)41(28(2)3)51-38(59)10-6-5-7-18-57-39(60)15-16-40(57)61/h11-16,23-26,28,35,41H,4-10,17-22,27H2,1-3H3,(H,50,63)(H,51,59)(H,64,65)(H3,48,49,66)/t35-,41?/m0/s1. The van der Waals surface area contributed by atoms with Crippen LogP contribution in [0.5, 0.6) is 0 Å². The summed E-state index contributed by atoms with van der Waals surface area (Å²) in [4.78, 5) is 104. The lowest BCUT2D eigenvalue weighted by Gasteiger charge is -2.35. The molecule has 2 aliphatic rings. The highest BCUT2D eigenvalue weighted by Crippen LogP contribution is 2.28. The molecule has 0 saturated carbocycles. The molecule has 0 radical (unpaired) electrons. The number of halogens is 1. The number of unbranched alkanes of at least 4 members (excludes halogenated alkanes) is 2. The number of hydrogen-bond acceptors (Lipinski definition) is 12. The van der Waals surface area contributed by atoms with Gasteiger partial charge in [0.15, 0.2) is 0 Å². The minimum atomic E-state index is -1.39. The number of aromatic carboxylic acids is 1. The number of nitrogens with one attached hydrogen (secondary N) is 3. The van der Waals surface area contributed by atoms with Crippen LogP contribution >= 0.6 is 0 Å². The molecule has 4 heterocycles. The van der Waals surface area contributed by atoms with E-state index in [1.165, 1.54) is 38.9 Å². The summed E-state index contributed by atoms with van der Waals surface area (Å²) in [6.07, 6.45) is 7.37. The van der Waals surface area contributed by atoms with Crippen LogP contribution in [-0.2, 0) is 37.1 Å². The number of ether oxygens (including phenoxy) is 1. The summed E-state index contributed by atoms with van der Waals surface area (Å²) >= 11 is 0. The minimum absolute atomic E-state index is 0.0305. The fourth-order valence-corrected chi connectivity index (χ4v) is 8.02. The Labute approximate surface area is 390 Å². The largest absolute Gasteiger partial charge is 0.477 e. The quantitative estimate of drug-likeness (QED) is 0.0588. The molecule has 2 aromatic heterocycles. The molecule has 68 heavy (non-hydrogen) atoms. The van der Waals surface area contributed by atoms with Crippen LogP contribution < -0.4 is 32.0 Å². The zero-order chi connectivity index (χ0) is 49.1. The molecule has 1 fully saturated rings. The molecule has 2 aromatic carbocycles. The predicted molar refractivity (Wildman–Crippen MR) is 246 cm³/mol. The first kappa shape index (κ1) is 49.8. The molecule has 21 nitrogen and oxygen atoms in total. The molecular formula is C46H56FN11O10. The number of aryl methyl sites for hydroxylation is 1. The molecule has 2 aliphatic heterocycles. The number of aromatic nitrogens is 4. The van der Waals surface area contributed by atoms with E-state index in [1.807, 2.05) is 13.8 Å². The van der Waals surface area contributed by atoms with Crippen LogP contribution in [0.4, 0.5) is 25.4 Å². The molecule has 6 N–H and O–H groups in total. The molecular weight excluding hydrogens is 886 g/mol. The lowest BCUT2D eigenvalue weighted by molar-refractivity contribution is -0.137. The summed E-state index contributed by atoms with van der Waals surface area (Å²) in [7, 11) is 0. The summed E-state index contributed by atoms with van der Waals surface area (Å²) in [5, 5.41) is 26.4. The fraction of sp³-hybridized carbons (Fsp3) is 0.435. The first-order valence-corrected chi connectivity index (χ1v) is 22.5. The zero-order valence-corrected chi connectivity index (χ0v) is 38.1. The van der Waals surface area contributed by atoms with Crippen molar-refractivity contribution in [2.45, 2.75) is 84.5 Å². The number of carboxylic acids is 1. The van der Waals surface area contributed by atoms with Crippen molar-refractivity contribution in [2.75, 3.05) is 49.5 Å². The molecule has 6 rings (SSSR count). The fourth-order valence-electron chi connectivity index (χ4n) is 8.02. The molecule has 0 bridgehead atoms. The maximum atomic E-state index is 15.4. The molecule has 362 valence electrons. The van der Waals surface area contributed by atoms with E-state index in [-0.39, 0.29) is 93.4 Å². The van der Waals surface area contributed by atoms with E-state index in [1.54, 1.807) is 46.9 Å². The molecule has 22 heteroatoms. The van der Waals surface area contributed by atoms with Gasteiger partial charge in [-0.2, -0.15) is 0 Å². The minimum Gasteiger partial charge on any atom is -0.477 e. The number of fused-ring (bicyclic) bond motifs is 1. The third-order valence-corrected chi connectivity index (χ3v) is 11.8. The smallest absolute Gasteiger partial charge is 0.410 e. The Bertz CT molecular complexity index is 2600. The summed E-state index contributed by atoms with van der Waals surface area (Å²) in [5.74, 6) is -3.46. The van der Waals surface area contributed by atoms with Crippen molar-refractivity contribution in [3.05, 3.63) is 93.8 Å². The number of amides is 7. The van der Waals surface area contributed by atoms with Crippen molar-refractivity contribution in [3.63, 3.8) is 0 Å². The van der Waals surface area contributed by atoms with Gasteiger partial charge in [0.25, 0.3) is 11.8 Å². The van der Waals surface area contributed by atoms with Crippen LogP contribution in [0.1, 0.15) is 93.0 Å². The van der Waals surface area contributed by atoms with Gasteiger partial charge in [-0.05, 0) is 68.4 Å². The molecule has 4 aromatic rings. The molecule has 0 aliphatic carbocycles. The highest BCUT2D eigenvalue weighted by Gasteiger charge is 2.29. The van der Waals surface area contributed by atoms with Gasteiger partial charge in [0.2, 0.25) is 17.2 Å². The Morgan fingerprint density at radius 3 is 2.28 bits per heavy atom. The Balaban J connectivity index is 1.01. The van der Waals surface area contributed by atoms with Crippen molar-refractivity contribution >= 4 is 64.0 Å². The van der Waals surface area contributed by atoms with E-state index >= 15 is 4.39 Å². The molecule has 7 amide bonds. The first-order valence-electron chi connectivity index (χ1n) is 22.5. The highest BCUT2D eigenvalue weighted by atomic mass is 19.1. The van der Waals surface area contributed by atoms with E-state index in [0.717, 1.165) is 6.07 Å². The topological polar surface area (TPSA) is 273 Å². The summed E-state index contributed by atoms with van der Waals surface area (Å²) < 4.78 is 24.0. The monoisotopic (exact) mass is 941 g/mol. The third-order valence-electron chi connectivity index (χ3n) is 11.8. The number of benzene rings is 2. The van der Waals surface area contributed by atoms with Gasteiger partial charge in [-0.15, -0.1) is 5.10 Å². The molecule has 0 spiro atoms. The van der Waals surface area contributed by atoms with Gasteiger partial charge in [-0.3, -0.25) is 28.9 Å². The van der Waals surface area contributed by atoms with Crippen molar-refractivity contribution in [1.29, 1.82) is 0 Å². The van der Waals surface area contributed by atoms with Crippen LogP contribution in [-0.4, -0.2) is 115 Å². The summed E-state index contributed by atoms with van der Waals surface area (Å²) in [5.41, 5.74) is 6.20. The van der Waals surface area contributed by atoms with Gasteiger partial charge >= 0.3 is 18.1 Å². The van der Waals surface area contributed by atoms with E-state index in [2.05, 4.69) is 26.3 Å². The second-order valence-electron chi connectivity index (χ2n) is 16.8. The summed E-state index contributed by atoms with van der Waals surface area (Å²) in [6.45, 7) is 7.43. The maximum absolute atomic E-state index is 15.4. The number of hydrogen-bond donors (Lipinski definition) is 5. The van der Waals surface area contributed by atoms with Gasteiger partial charge < -0.3 is 45.9 Å². The van der Waals surface area contributed by atoms with E-state index in [9.17, 15) is 43.5 Å². The number of anilines is 2. The van der Waals surface area contributed by atoms with Crippen molar-refractivity contribution < 1.29 is 47.8 Å². The maximum Gasteiger partial charge on any atom is 0.410 e. The number of pyridine rings is 1. The van der Waals surface area contributed by atoms with E-state index in [4.69, 9.17) is 10.5 Å². The van der Waals surface area contributed by atoms with Gasteiger partial charge in [0.1, 0.15) is 29.7 Å². The third kappa shape index (κ3) is 12.4. The highest BCUT2D eigenvalue weighted by molar-refractivity contribution is 6.12. The molecule has 2 atom stereocenters. The van der Waals surface area contributed by atoms with E-state index < -0.39 is 52.9 Å². The van der Waals surface area contributed by atoms with Crippen LogP contribution in [0.25, 0.3) is 10.9 Å². The van der Waals surface area contributed by atoms with Crippen LogP contribution in [0.15, 0.2) is 65.7 Å². The number of urea groups is 1. The van der Waals surface area contributed by atoms with Crippen molar-refractivity contribution in [1.82, 2.24) is 40.0 Å². The zero-order valence-electron chi connectivity index (χ0n) is 38.1. The lowest BCUT2D eigenvalue weighted by Crippen LogP contribution is -2.49. The second kappa shape index (κ2) is 22.7. The Morgan fingerprint density at radius 1 is 0.926 bits per heavy atom. The number of carbonyl (C=O) groups is 7. The second-order valence-corrected chi connectivity index (χ2v) is 16.8. The average molecular weight is 942 g/mol. The van der Waals surface area contributed by atoms with Crippen LogP contribution in [0.2, 0.25) is 0 Å². The number of nitrogens with zero attached hydrogens (tertiary/aromatic N) is 7. The average Bonchev–Trinajstić information content (AvgIpc) is 3.92. The SMILES string of the molecule is CCn1cc(C(=O)O)c(=O)c2cc(F)c(N3CCN(C(=O)OCc4ccc(NC(=O)[C@H](CCCNC(N)=O)n5cc(C(NC(=O)CCCCCN6C(=O)C=CC6=O)C(C)C)nn5)cc4)CC3)cc21. The number of nitrogens with two attached hydrogens (primary N) is 1. The normalized spacial score (nSPS) is 14.6. The van der Waals surface area contributed by atoms with Crippen LogP contribution in [0, 0.1) is 11.7 Å². The van der Waals surface area contributed by atoms with Crippen molar-refractivity contribution in [2.24, 2.45) is 11.7 Å². The number of carbonyl (C=O) groups excluding carboxylic acids is 6. The van der Waals surface area contributed by atoms with Gasteiger partial charge in [-0.25, -0.2) is 23.5 Å². The van der Waals surface area contributed by atoms with Gasteiger partial charge in [-0.1, -0.05) is 37.6 Å². The number of piperazine rings is 1. The van der Waals surface area contributed by atoms with Gasteiger partial charge in [0.05, 0.1) is 23.4 Å².